The van der Waals surface area contributed by atoms with Gasteiger partial charge in [-0.3, -0.25) is 4.79 Å². The van der Waals surface area contributed by atoms with Gasteiger partial charge in [0.15, 0.2) is 10.9 Å². The fourth-order valence-corrected chi connectivity index (χ4v) is 5.24. The molecule has 0 unspecified atom stereocenters. The summed E-state index contributed by atoms with van der Waals surface area (Å²) in [7, 11) is 0. The number of carbonyl (C=O) groups is 1. The molecule has 1 aliphatic rings. The summed E-state index contributed by atoms with van der Waals surface area (Å²) in [6, 6.07) is 23.7. The quantitative estimate of drug-likeness (QED) is 0.228. The van der Waals surface area contributed by atoms with Gasteiger partial charge in [0.05, 0.1) is 22.2 Å². The van der Waals surface area contributed by atoms with Crippen LogP contribution in [-0.4, -0.2) is 48.6 Å². The van der Waals surface area contributed by atoms with Gasteiger partial charge in [-0.05, 0) is 31.2 Å². The molecule has 4 aromatic rings. The first-order chi connectivity index (χ1) is 18.1. The Morgan fingerprint density at radius 2 is 1.70 bits per heavy atom. The van der Waals surface area contributed by atoms with E-state index >= 15 is 0 Å². The summed E-state index contributed by atoms with van der Waals surface area (Å²) >= 11 is 7.93. The minimum Gasteiger partial charge on any atom is -0.455 e. The molecule has 0 radical (unpaired) electrons. The molecule has 1 aliphatic heterocycles. The summed E-state index contributed by atoms with van der Waals surface area (Å²) in [4.78, 5) is 26.4. The Morgan fingerprint density at radius 1 is 0.973 bits per heavy atom. The van der Waals surface area contributed by atoms with Gasteiger partial charge in [0.1, 0.15) is 11.6 Å². The van der Waals surface area contributed by atoms with Crippen LogP contribution in [-0.2, 0) is 5.75 Å². The summed E-state index contributed by atoms with van der Waals surface area (Å²) in [5, 5.41) is 4.20. The van der Waals surface area contributed by atoms with Gasteiger partial charge in [0, 0.05) is 44.4 Å². The van der Waals surface area contributed by atoms with Crippen molar-refractivity contribution in [3.8, 4) is 11.3 Å². The molecule has 0 bridgehead atoms. The van der Waals surface area contributed by atoms with Crippen LogP contribution in [0.3, 0.4) is 0 Å². The third-order valence-electron chi connectivity index (χ3n) is 6.12. The number of hydrogen-bond acceptors (Lipinski definition) is 7. The third kappa shape index (κ3) is 6.09. The molecule has 0 atom stereocenters. The molecular formula is C28H28ClN5O2S. The topological polar surface area (TPSA) is 74.5 Å². The average Bonchev–Trinajstić information content (AvgIpc) is 3.42. The number of halogens is 1. The van der Waals surface area contributed by atoms with E-state index in [1.807, 2.05) is 49.4 Å². The predicted molar refractivity (Wildman–Crippen MR) is 150 cm³/mol. The van der Waals surface area contributed by atoms with Crippen molar-refractivity contribution in [3.05, 3.63) is 89.3 Å². The number of carbonyl (C=O) groups excluding carboxylic acids is 1. The van der Waals surface area contributed by atoms with Gasteiger partial charge in [-0.25, -0.2) is 9.97 Å². The number of para-hydroxylation sites is 1. The monoisotopic (exact) mass is 533 g/mol. The molecule has 1 amide bonds. The molecule has 5 rings (SSSR count). The van der Waals surface area contributed by atoms with Crippen molar-refractivity contribution in [1.82, 2.24) is 15.3 Å². The van der Waals surface area contributed by atoms with Gasteiger partial charge >= 0.3 is 0 Å². The summed E-state index contributed by atoms with van der Waals surface area (Å²) in [5.41, 5.74) is 2.99. The van der Waals surface area contributed by atoms with Crippen LogP contribution >= 0.6 is 23.4 Å². The van der Waals surface area contributed by atoms with E-state index in [0.717, 1.165) is 54.0 Å². The van der Waals surface area contributed by atoms with Crippen molar-refractivity contribution in [3.63, 3.8) is 0 Å². The van der Waals surface area contributed by atoms with Crippen LogP contribution in [0.1, 0.15) is 23.2 Å². The molecule has 1 N–H and O–H groups in total. The fourth-order valence-electron chi connectivity index (χ4n) is 4.24. The van der Waals surface area contributed by atoms with Crippen LogP contribution in [0.4, 0.5) is 11.5 Å². The minimum absolute atomic E-state index is 0.209. The number of piperazine rings is 1. The van der Waals surface area contributed by atoms with Crippen molar-refractivity contribution in [2.45, 2.75) is 17.8 Å². The van der Waals surface area contributed by atoms with Gasteiger partial charge in [-0.2, -0.15) is 0 Å². The average molecular weight is 534 g/mol. The second-order valence-corrected chi connectivity index (χ2v) is 9.95. The third-order valence-corrected chi connectivity index (χ3v) is 7.31. The molecule has 9 heteroatoms. The Labute approximate surface area is 225 Å². The molecule has 37 heavy (non-hydrogen) atoms. The molecule has 190 valence electrons. The molecular weight excluding hydrogens is 506 g/mol. The molecule has 2 aromatic carbocycles. The van der Waals surface area contributed by atoms with Crippen LogP contribution in [0.2, 0.25) is 5.02 Å². The first-order valence-corrected chi connectivity index (χ1v) is 13.7. The Hall–Kier alpha value is -3.49. The van der Waals surface area contributed by atoms with Crippen LogP contribution < -0.4 is 15.1 Å². The maximum atomic E-state index is 12.0. The molecule has 0 saturated carbocycles. The van der Waals surface area contributed by atoms with Crippen LogP contribution in [0.15, 0.2) is 82.4 Å². The SMILES string of the molecule is CCNC(=O)c1ccc(CSc2nc(-c3ccccc3)cc(N3CCN(c4ccccc4Cl)CC3)n2)o1. The molecule has 1 fully saturated rings. The normalized spacial score (nSPS) is 13.6. The Morgan fingerprint density at radius 3 is 2.46 bits per heavy atom. The summed E-state index contributed by atoms with van der Waals surface area (Å²) in [6.07, 6.45) is 0. The second-order valence-electron chi connectivity index (χ2n) is 8.60. The number of thioether (sulfide) groups is 1. The highest BCUT2D eigenvalue weighted by atomic mass is 35.5. The molecule has 1 saturated heterocycles. The van der Waals surface area contributed by atoms with E-state index in [0.29, 0.717) is 29.0 Å². The summed E-state index contributed by atoms with van der Waals surface area (Å²) in [5.74, 6) is 2.23. The number of hydrogen-bond donors (Lipinski definition) is 1. The predicted octanol–water partition coefficient (Wildman–Crippen LogP) is 5.76. The maximum Gasteiger partial charge on any atom is 0.286 e. The van der Waals surface area contributed by atoms with Crippen molar-refractivity contribution in [1.29, 1.82) is 0 Å². The van der Waals surface area contributed by atoms with E-state index in [9.17, 15) is 4.79 Å². The van der Waals surface area contributed by atoms with Crippen LogP contribution in [0.5, 0.6) is 0 Å². The van der Waals surface area contributed by atoms with Crippen LogP contribution in [0.25, 0.3) is 11.3 Å². The number of benzene rings is 2. The smallest absolute Gasteiger partial charge is 0.286 e. The zero-order chi connectivity index (χ0) is 25.6. The highest BCUT2D eigenvalue weighted by molar-refractivity contribution is 7.98. The Kier molecular flexibility index (Phi) is 7.96. The maximum absolute atomic E-state index is 12.0. The lowest BCUT2D eigenvalue weighted by molar-refractivity contribution is 0.0927. The van der Waals surface area contributed by atoms with Gasteiger partial charge in [0.2, 0.25) is 0 Å². The fraction of sp³-hybridized carbons (Fsp3) is 0.250. The highest BCUT2D eigenvalue weighted by Gasteiger charge is 2.21. The van der Waals surface area contributed by atoms with E-state index in [4.69, 9.17) is 26.0 Å². The van der Waals surface area contributed by atoms with E-state index in [-0.39, 0.29) is 5.91 Å². The Bertz CT molecular complexity index is 1360. The molecule has 7 nitrogen and oxygen atoms in total. The van der Waals surface area contributed by atoms with Gasteiger partial charge in [-0.1, -0.05) is 65.8 Å². The number of rotatable bonds is 8. The molecule has 0 aliphatic carbocycles. The summed E-state index contributed by atoms with van der Waals surface area (Å²) in [6.45, 7) is 5.79. The summed E-state index contributed by atoms with van der Waals surface area (Å²) < 4.78 is 5.73. The lowest BCUT2D eigenvalue weighted by atomic mass is 10.1. The first-order valence-electron chi connectivity index (χ1n) is 12.3. The number of furan rings is 1. The van der Waals surface area contributed by atoms with Crippen LogP contribution in [0, 0.1) is 0 Å². The lowest BCUT2D eigenvalue weighted by Crippen LogP contribution is -2.47. The minimum atomic E-state index is -0.209. The number of nitrogens with zero attached hydrogens (tertiary/aromatic N) is 4. The second kappa shape index (κ2) is 11.7. The number of anilines is 2. The van der Waals surface area contributed by atoms with Crippen molar-refractivity contribution in [2.24, 2.45) is 0 Å². The van der Waals surface area contributed by atoms with Crippen molar-refractivity contribution in [2.75, 3.05) is 42.5 Å². The number of aromatic nitrogens is 2. The van der Waals surface area contributed by atoms with E-state index in [1.54, 1.807) is 6.07 Å². The highest BCUT2D eigenvalue weighted by Crippen LogP contribution is 2.30. The van der Waals surface area contributed by atoms with Crippen molar-refractivity contribution < 1.29 is 9.21 Å². The van der Waals surface area contributed by atoms with Gasteiger partial charge in [0.25, 0.3) is 5.91 Å². The number of amides is 1. The molecule has 0 spiro atoms. The van der Waals surface area contributed by atoms with E-state index < -0.39 is 0 Å². The standard InChI is InChI=1S/C28H28ClN5O2S/c1-2-30-27(35)25-13-12-21(36-25)19-37-28-31-23(20-8-4-3-5-9-20)18-26(32-28)34-16-14-33(15-17-34)24-11-7-6-10-22(24)29/h3-13,18H,2,14-17,19H2,1H3,(H,30,35). The zero-order valence-electron chi connectivity index (χ0n) is 20.6. The van der Waals surface area contributed by atoms with Crippen molar-refractivity contribution >= 4 is 40.8 Å². The lowest BCUT2D eigenvalue weighted by Gasteiger charge is -2.37. The van der Waals surface area contributed by atoms with E-state index in [1.165, 1.54) is 11.8 Å². The molecule has 2 aromatic heterocycles. The first kappa shape index (κ1) is 25.2. The Balaban J connectivity index is 1.34. The van der Waals surface area contributed by atoms with Gasteiger partial charge < -0.3 is 19.5 Å². The largest absolute Gasteiger partial charge is 0.455 e. The number of nitrogens with one attached hydrogen (secondary N) is 1. The molecule has 3 heterocycles. The van der Waals surface area contributed by atoms with Gasteiger partial charge in [-0.15, -0.1) is 0 Å². The van der Waals surface area contributed by atoms with E-state index in [2.05, 4.69) is 39.4 Å². The zero-order valence-corrected chi connectivity index (χ0v) is 22.1.